The Morgan fingerprint density at radius 3 is 2.58 bits per heavy atom. The smallest absolute Gasteiger partial charge is 0.410 e. The number of rotatable bonds is 8. The van der Waals surface area contributed by atoms with Gasteiger partial charge in [-0.2, -0.15) is 0 Å². The van der Waals surface area contributed by atoms with Gasteiger partial charge >= 0.3 is 6.09 Å². The Hall–Kier alpha value is -3.90. The summed E-state index contributed by atoms with van der Waals surface area (Å²) in [6.45, 7) is 6.51. The Morgan fingerprint density at radius 1 is 1.23 bits per heavy atom. The number of amides is 2. The zero-order valence-corrected chi connectivity index (χ0v) is 23.9. The molecular formula is C27H30ClN5O6S. The summed E-state index contributed by atoms with van der Waals surface area (Å²) in [6.07, 6.45) is 0.698. The number of nitrogens with one attached hydrogen (secondary N) is 1. The Balaban J connectivity index is 1.45. The first-order valence-electron chi connectivity index (χ1n) is 12.6. The van der Waals surface area contributed by atoms with E-state index in [0.717, 1.165) is 11.3 Å². The molecule has 2 aromatic carbocycles. The number of halogens is 1. The molecule has 0 spiro atoms. The minimum Gasteiger partial charge on any atom is -0.490 e. The molecule has 40 heavy (non-hydrogen) atoms. The molecule has 1 aliphatic heterocycles. The highest BCUT2D eigenvalue weighted by Gasteiger charge is 2.28. The van der Waals surface area contributed by atoms with Crippen molar-refractivity contribution < 1.29 is 24.0 Å². The Bertz CT molecular complexity index is 1410. The molecule has 13 heteroatoms. The summed E-state index contributed by atoms with van der Waals surface area (Å²) in [4.78, 5) is 42.0. The van der Waals surface area contributed by atoms with Crippen molar-refractivity contribution in [3.63, 3.8) is 0 Å². The lowest BCUT2D eigenvalue weighted by molar-refractivity contribution is -0.385. The van der Waals surface area contributed by atoms with Crippen molar-refractivity contribution >= 4 is 45.8 Å². The quantitative estimate of drug-likeness (QED) is 0.246. The summed E-state index contributed by atoms with van der Waals surface area (Å²) in [5, 5.41) is 15.6. The fourth-order valence-electron chi connectivity index (χ4n) is 4.20. The fraction of sp³-hybridized carbons (Fsp3) is 0.370. The summed E-state index contributed by atoms with van der Waals surface area (Å²) < 4.78 is 11.6. The third kappa shape index (κ3) is 7.39. The number of anilines is 1. The number of benzene rings is 2. The molecule has 3 N–H and O–H groups in total. The molecule has 0 atom stereocenters. The van der Waals surface area contributed by atoms with Crippen molar-refractivity contribution in [2.75, 3.05) is 18.4 Å². The van der Waals surface area contributed by atoms with Gasteiger partial charge in [0.05, 0.1) is 16.2 Å². The molecule has 1 aliphatic rings. The highest BCUT2D eigenvalue weighted by atomic mass is 35.5. The SMILES string of the molecule is CC(C)(C)OC(=O)N1CCC(Oc2ccc([N+](=O)[O-])c(CNc3nc(-c4cccc(Cl)c4)c(C(N)=O)s3)c2)CC1. The third-order valence-electron chi connectivity index (χ3n) is 6.02. The molecule has 1 aromatic heterocycles. The van der Waals surface area contributed by atoms with Crippen LogP contribution in [0.3, 0.4) is 0 Å². The lowest BCUT2D eigenvalue weighted by Crippen LogP contribution is -2.44. The monoisotopic (exact) mass is 587 g/mol. The Kier molecular flexibility index (Phi) is 8.79. The number of carbonyl (C=O) groups excluding carboxylic acids is 2. The number of likely N-dealkylation sites (tertiary alicyclic amines) is 1. The second kappa shape index (κ2) is 12.1. The van der Waals surface area contributed by atoms with E-state index >= 15 is 0 Å². The average molecular weight is 588 g/mol. The van der Waals surface area contributed by atoms with Gasteiger partial charge in [0.2, 0.25) is 0 Å². The molecule has 1 saturated heterocycles. The van der Waals surface area contributed by atoms with Crippen LogP contribution in [-0.4, -0.2) is 51.6 Å². The van der Waals surface area contributed by atoms with Crippen LogP contribution in [0.2, 0.25) is 5.02 Å². The van der Waals surface area contributed by atoms with Gasteiger partial charge < -0.3 is 25.4 Å². The van der Waals surface area contributed by atoms with Gasteiger partial charge in [0.15, 0.2) is 5.13 Å². The van der Waals surface area contributed by atoms with Gasteiger partial charge in [-0.1, -0.05) is 35.1 Å². The second-order valence-electron chi connectivity index (χ2n) is 10.3. The molecule has 0 saturated carbocycles. The Labute approximate surface area is 240 Å². The van der Waals surface area contributed by atoms with Crippen LogP contribution < -0.4 is 15.8 Å². The number of hydrogen-bond donors (Lipinski definition) is 2. The summed E-state index contributed by atoms with van der Waals surface area (Å²) in [7, 11) is 0. The van der Waals surface area contributed by atoms with Crippen LogP contribution in [0.4, 0.5) is 15.6 Å². The molecule has 2 amide bonds. The number of aromatic nitrogens is 1. The lowest BCUT2D eigenvalue weighted by atomic mass is 10.1. The van der Waals surface area contributed by atoms with E-state index < -0.39 is 16.4 Å². The number of primary amides is 1. The molecule has 0 unspecified atom stereocenters. The van der Waals surface area contributed by atoms with Gasteiger partial charge in [-0.25, -0.2) is 9.78 Å². The number of nitrogens with two attached hydrogens (primary N) is 1. The van der Waals surface area contributed by atoms with Gasteiger partial charge in [-0.05, 0) is 45.0 Å². The van der Waals surface area contributed by atoms with E-state index in [1.807, 2.05) is 20.8 Å². The van der Waals surface area contributed by atoms with Crippen molar-refractivity contribution in [2.24, 2.45) is 5.73 Å². The first-order valence-corrected chi connectivity index (χ1v) is 13.8. The Morgan fingerprint density at radius 2 is 1.95 bits per heavy atom. The number of carbonyl (C=O) groups is 2. The van der Waals surface area contributed by atoms with E-state index in [0.29, 0.717) is 58.7 Å². The van der Waals surface area contributed by atoms with Crippen LogP contribution in [0.5, 0.6) is 5.75 Å². The number of ether oxygens (including phenoxy) is 2. The third-order valence-corrected chi connectivity index (χ3v) is 7.29. The maximum absolute atomic E-state index is 12.3. The van der Waals surface area contributed by atoms with Crippen molar-refractivity contribution in [1.29, 1.82) is 0 Å². The standard InChI is InChI=1S/C27H30ClN5O6S/c1-27(2,3)39-26(35)32-11-9-19(10-12-32)38-20-7-8-21(33(36)37)17(14-20)15-30-25-31-22(23(40-25)24(29)34)16-5-4-6-18(28)13-16/h4-8,13-14,19H,9-12,15H2,1-3H3,(H2,29,34)(H,30,31). The van der Waals surface area contributed by atoms with Crippen LogP contribution in [0, 0.1) is 10.1 Å². The largest absolute Gasteiger partial charge is 0.490 e. The summed E-state index contributed by atoms with van der Waals surface area (Å²) in [5.74, 6) is -0.158. The molecule has 0 radical (unpaired) electrons. The minimum absolute atomic E-state index is 0.0608. The topological polar surface area (TPSA) is 150 Å². The van der Waals surface area contributed by atoms with Crippen molar-refractivity contribution in [2.45, 2.75) is 51.9 Å². The number of nitro groups is 1. The van der Waals surface area contributed by atoms with Crippen molar-refractivity contribution in [3.8, 4) is 17.0 Å². The van der Waals surface area contributed by atoms with Crippen LogP contribution in [-0.2, 0) is 11.3 Å². The maximum atomic E-state index is 12.3. The molecule has 11 nitrogen and oxygen atoms in total. The highest BCUT2D eigenvalue weighted by molar-refractivity contribution is 7.18. The number of thiazole rings is 1. The van der Waals surface area contributed by atoms with Crippen molar-refractivity contribution in [1.82, 2.24) is 9.88 Å². The molecule has 1 fully saturated rings. The molecule has 212 valence electrons. The van der Waals surface area contributed by atoms with Crippen molar-refractivity contribution in [3.05, 3.63) is 68.0 Å². The number of nitrogens with zero attached hydrogens (tertiary/aromatic N) is 3. The predicted molar refractivity (Wildman–Crippen MR) is 153 cm³/mol. The van der Waals surface area contributed by atoms with Crippen LogP contribution in [0.1, 0.15) is 48.8 Å². The molecule has 3 aromatic rings. The minimum atomic E-state index is -0.639. The van der Waals surface area contributed by atoms with E-state index in [-0.39, 0.29) is 29.3 Å². The van der Waals surface area contributed by atoms with E-state index in [2.05, 4.69) is 10.3 Å². The fourth-order valence-corrected chi connectivity index (χ4v) is 5.22. The summed E-state index contributed by atoms with van der Waals surface area (Å²) in [6, 6.07) is 11.5. The zero-order chi connectivity index (χ0) is 29.0. The van der Waals surface area contributed by atoms with Crippen LogP contribution >= 0.6 is 22.9 Å². The van der Waals surface area contributed by atoms with Gasteiger partial charge in [-0.3, -0.25) is 14.9 Å². The van der Waals surface area contributed by atoms with E-state index in [4.69, 9.17) is 26.8 Å². The average Bonchev–Trinajstić information content (AvgIpc) is 3.32. The number of nitro benzene ring substituents is 1. The zero-order valence-electron chi connectivity index (χ0n) is 22.3. The molecule has 4 rings (SSSR count). The van der Waals surface area contributed by atoms with Crippen LogP contribution in [0.25, 0.3) is 11.3 Å². The predicted octanol–water partition coefficient (Wildman–Crippen LogP) is 5.86. The first-order chi connectivity index (χ1) is 18.9. The second-order valence-corrected chi connectivity index (χ2v) is 11.7. The van der Waals surface area contributed by atoms with E-state index in [1.54, 1.807) is 41.3 Å². The molecular weight excluding hydrogens is 558 g/mol. The van der Waals surface area contributed by atoms with Gasteiger partial charge in [0.25, 0.3) is 11.6 Å². The first kappa shape index (κ1) is 29.1. The van der Waals surface area contributed by atoms with Gasteiger partial charge in [-0.15, -0.1) is 0 Å². The van der Waals surface area contributed by atoms with Gasteiger partial charge in [0.1, 0.15) is 22.3 Å². The molecule has 0 aliphatic carbocycles. The summed E-state index contributed by atoms with van der Waals surface area (Å²) in [5.41, 5.74) is 6.32. The van der Waals surface area contributed by atoms with Crippen LogP contribution in [0.15, 0.2) is 42.5 Å². The van der Waals surface area contributed by atoms with E-state index in [9.17, 15) is 19.7 Å². The number of piperidine rings is 1. The molecule has 0 bridgehead atoms. The molecule has 2 heterocycles. The summed E-state index contributed by atoms with van der Waals surface area (Å²) >= 11 is 7.15. The highest BCUT2D eigenvalue weighted by Crippen LogP contribution is 2.33. The maximum Gasteiger partial charge on any atom is 0.410 e. The van der Waals surface area contributed by atoms with E-state index in [1.165, 1.54) is 6.07 Å². The van der Waals surface area contributed by atoms with Gasteiger partial charge in [0, 0.05) is 49.1 Å². The number of hydrogen-bond acceptors (Lipinski definition) is 9. The normalized spacial score (nSPS) is 14.1. The lowest BCUT2D eigenvalue weighted by Gasteiger charge is -2.33.